The average molecular weight is 571 g/mol. The second-order valence-electron chi connectivity index (χ2n) is 12.4. The highest BCUT2D eigenvalue weighted by molar-refractivity contribution is 6.32. The number of likely N-dealkylation sites (tertiary alicyclic amines) is 1. The molecule has 4 aliphatic rings. The molecular weight excluding hydrogens is 532 g/mol. The van der Waals surface area contributed by atoms with Crippen LogP contribution in [0.3, 0.4) is 0 Å². The number of benzene rings is 1. The zero-order valence-corrected chi connectivity index (χ0v) is 23.7. The quantitative estimate of drug-likeness (QED) is 0.261. The molecule has 12 nitrogen and oxygen atoms in total. The summed E-state index contributed by atoms with van der Waals surface area (Å²) in [5.74, 6) is -13.1. The van der Waals surface area contributed by atoms with Crippen LogP contribution in [0.25, 0.3) is 0 Å². The Hall–Kier alpha value is -3.03. The van der Waals surface area contributed by atoms with Crippen molar-refractivity contribution >= 4 is 29.0 Å². The highest BCUT2D eigenvalue weighted by Crippen LogP contribution is 2.54. The van der Waals surface area contributed by atoms with Gasteiger partial charge in [-0.1, -0.05) is 19.1 Å². The second kappa shape index (κ2) is 10.4. The van der Waals surface area contributed by atoms with Crippen LogP contribution in [0.15, 0.2) is 12.1 Å². The van der Waals surface area contributed by atoms with Gasteiger partial charge in [-0.2, -0.15) is 0 Å². The van der Waals surface area contributed by atoms with Crippen molar-refractivity contribution in [3.63, 3.8) is 0 Å². The first-order chi connectivity index (χ1) is 19.2. The van der Waals surface area contributed by atoms with Gasteiger partial charge in [0, 0.05) is 24.1 Å². The lowest BCUT2D eigenvalue weighted by atomic mass is 9.49. The Morgan fingerprint density at radius 2 is 1.78 bits per heavy atom. The monoisotopic (exact) mass is 570 g/mol. The standard InChI is InChI=1S/C29H38N4O8/c1-12-15-6-5-13(11-31-14-7-9-33(4)10-8-14)22(34)17(15)23(35)18-16(12)24(36)20-21(32(2)3)25(37)19(28(30)40)27(39)29(20,41)26(18)38/h5-6,12,14,16,18-21,24,31,34,36,41H,7-11H2,1-4H3,(H2,30,40)/t12-,16+,18?,19?,20+,21-,24-,29-/m0/s1. The number of carbonyl (C=O) groups is 5. The number of nitrogens with two attached hydrogens (primary N) is 1. The van der Waals surface area contributed by atoms with Crippen molar-refractivity contribution in [1.82, 2.24) is 15.1 Å². The Morgan fingerprint density at radius 3 is 2.37 bits per heavy atom. The number of aromatic hydroxyl groups is 1. The minimum atomic E-state index is -3.00. The number of Topliss-reactive ketones (excluding diaryl/α,β-unsaturated/α-hetero) is 4. The Kier molecular flexibility index (Phi) is 7.44. The van der Waals surface area contributed by atoms with E-state index in [4.69, 9.17) is 5.73 Å². The summed E-state index contributed by atoms with van der Waals surface area (Å²) < 4.78 is 0. The van der Waals surface area contributed by atoms with Gasteiger partial charge in [-0.15, -0.1) is 0 Å². The molecule has 222 valence electrons. The average Bonchev–Trinajstić information content (AvgIpc) is 2.90. The summed E-state index contributed by atoms with van der Waals surface area (Å²) in [6, 6.07) is 2.26. The molecule has 2 saturated carbocycles. The predicted octanol–water partition coefficient (Wildman–Crippen LogP) is -1.42. The van der Waals surface area contributed by atoms with E-state index in [0.29, 0.717) is 11.1 Å². The van der Waals surface area contributed by atoms with Gasteiger partial charge in [-0.05, 0) is 58.6 Å². The van der Waals surface area contributed by atoms with Crippen molar-refractivity contribution in [2.45, 2.75) is 56.0 Å². The third-order valence-corrected chi connectivity index (χ3v) is 9.87. The number of rotatable bonds is 5. The lowest BCUT2D eigenvalue weighted by Crippen LogP contribution is -2.77. The highest BCUT2D eigenvalue weighted by Gasteiger charge is 2.72. The van der Waals surface area contributed by atoms with E-state index in [-0.39, 0.29) is 23.9 Å². The number of carbonyl (C=O) groups excluding carboxylic acids is 5. The Morgan fingerprint density at radius 1 is 1.15 bits per heavy atom. The lowest BCUT2D eigenvalue weighted by molar-refractivity contribution is -0.196. The summed E-state index contributed by atoms with van der Waals surface area (Å²) in [6.07, 6.45) is 0.229. The maximum atomic E-state index is 14.1. The minimum absolute atomic E-state index is 0.0843. The lowest BCUT2D eigenvalue weighted by Gasteiger charge is -2.56. The maximum Gasteiger partial charge on any atom is 0.235 e. The van der Waals surface area contributed by atoms with Crippen LogP contribution >= 0.6 is 0 Å². The second-order valence-corrected chi connectivity index (χ2v) is 12.4. The Labute approximate surface area is 237 Å². The first-order valence-electron chi connectivity index (χ1n) is 14.0. The summed E-state index contributed by atoms with van der Waals surface area (Å²) in [7, 11) is 4.98. The van der Waals surface area contributed by atoms with Crippen molar-refractivity contribution < 1.29 is 39.3 Å². The van der Waals surface area contributed by atoms with Gasteiger partial charge in [0.2, 0.25) is 5.91 Å². The van der Waals surface area contributed by atoms with Crippen LogP contribution < -0.4 is 11.1 Å². The topological polar surface area (TPSA) is 191 Å². The third kappa shape index (κ3) is 4.26. The molecular formula is C29H38N4O8. The molecule has 0 radical (unpaired) electrons. The molecule has 0 spiro atoms. The fourth-order valence-electron chi connectivity index (χ4n) is 7.64. The van der Waals surface area contributed by atoms with E-state index < -0.39 is 76.4 Å². The fourth-order valence-corrected chi connectivity index (χ4v) is 7.64. The van der Waals surface area contributed by atoms with E-state index in [0.717, 1.165) is 25.9 Å². The molecule has 3 fully saturated rings. The number of hydrogen-bond acceptors (Lipinski definition) is 11. The first kappa shape index (κ1) is 29.5. The number of phenols is 1. The molecule has 0 bridgehead atoms. The van der Waals surface area contributed by atoms with E-state index in [9.17, 15) is 39.3 Å². The molecule has 6 N–H and O–H groups in total. The highest BCUT2D eigenvalue weighted by atomic mass is 16.3. The molecule has 12 heteroatoms. The third-order valence-electron chi connectivity index (χ3n) is 9.87. The van der Waals surface area contributed by atoms with E-state index in [1.165, 1.54) is 19.0 Å². The van der Waals surface area contributed by atoms with Gasteiger partial charge in [-0.25, -0.2) is 0 Å². The first-order valence-corrected chi connectivity index (χ1v) is 14.0. The van der Waals surface area contributed by atoms with Crippen LogP contribution in [0, 0.1) is 23.7 Å². The summed E-state index contributed by atoms with van der Waals surface area (Å²) in [5, 5.41) is 38.1. The Balaban J connectivity index is 1.55. The van der Waals surface area contributed by atoms with Gasteiger partial charge in [0.25, 0.3) is 0 Å². The largest absolute Gasteiger partial charge is 0.507 e. The van der Waals surface area contributed by atoms with Gasteiger partial charge in [0.15, 0.2) is 34.7 Å². The van der Waals surface area contributed by atoms with Crippen molar-refractivity contribution in [2.24, 2.45) is 29.4 Å². The number of aliphatic hydroxyl groups excluding tert-OH is 1. The van der Waals surface area contributed by atoms with E-state index in [1.807, 2.05) is 0 Å². The molecule has 1 aromatic carbocycles. The number of fused-ring (bicyclic) bond motifs is 3. The normalized spacial score (nSPS) is 36.2. The summed E-state index contributed by atoms with van der Waals surface area (Å²) in [6.45, 7) is 3.87. The van der Waals surface area contributed by atoms with Gasteiger partial charge >= 0.3 is 0 Å². The minimum Gasteiger partial charge on any atom is -0.507 e. The molecule has 2 unspecified atom stereocenters. The summed E-state index contributed by atoms with van der Waals surface area (Å²) in [4.78, 5) is 70.4. The van der Waals surface area contributed by atoms with Crippen LogP contribution in [0.4, 0.5) is 0 Å². The number of ketones is 4. The van der Waals surface area contributed by atoms with Crippen molar-refractivity contribution in [3.05, 3.63) is 28.8 Å². The fraction of sp³-hybridized carbons (Fsp3) is 0.621. The maximum absolute atomic E-state index is 14.1. The van der Waals surface area contributed by atoms with E-state index >= 15 is 0 Å². The smallest absolute Gasteiger partial charge is 0.235 e. The number of piperidine rings is 1. The molecule has 1 amide bonds. The SMILES string of the molecule is C[C@H]1c2ccc(CNC3CCN(C)CC3)c(O)c2C(=O)C2C(=O)[C@]3(O)C(=O)C(C(N)=O)C(=O)[C@@H](N(C)C)[C@@H]3[C@@H](O)[C@@H]21. The number of nitrogens with zero attached hydrogens (tertiary/aromatic N) is 2. The van der Waals surface area contributed by atoms with E-state index in [2.05, 4.69) is 17.3 Å². The van der Waals surface area contributed by atoms with Crippen molar-refractivity contribution in [1.29, 1.82) is 0 Å². The van der Waals surface area contributed by atoms with Gasteiger partial charge in [0.05, 0.1) is 29.5 Å². The predicted molar refractivity (Wildman–Crippen MR) is 145 cm³/mol. The number of primary amides is 1. The van der Waals surface area contributed by atoms with Gasteiger partial charge in [0.1, 0.15) is 5.75 Å². The molecule has 1 heterocycles. The molecule has 41 heavy (non-hydrogen) atoms. The molecule has 0 aromatic heterocycles. The zero-order valence-electron chi connectivity index (χ0n) is 23.7. The molecule has 1 aromatic rings. The summed E-state index contributed by atoms with van der Waals surface area (Å²) >= 11 is 0. The summed E-state index contributed by atoms with van der Waals surface area (Å²) in [5.41, 5.74) is 3.15. The molecule has 3 aliphatic carbocycles. The number of aliphatic hydroxyl groups is 2. The van der Waals surface area contributed by atoms with Crippen molar-refractivity contribution in [3.8, 4) is 5.75 Å². The van der Waals surface area contributed by atoms with E-state index in [1.54, 1.807) is 19.1 Å². The molecule has 1 saturated heterocycles. The zero-order chi connectivity index (χ0) is 30.1. The van der Waals surface area contributed by atoms with Crippen LogP contribution in [0.2, 0.25) is 0 Å². The number of hydrogen-bond donors (Lipinski definition) is 5. The van der Waals surface area contributed by atoms with Crippen LogP contribution in [0.1, 0.15) is 47.2 Å². The number of likely N-dealkylation sites (N-methyl/N-ethyl adjacent to an activating group) is 1. The molecule has 8 atom stereocenters. The molecule has 5 rings (SSSR count). The van der Waals surface area contributed by atoms with Crippen LogP contribution in [0.5, 0.6) is 5.75 Å². The van der Waals surface area contributed by atoms with Crippen molar-refractivity contribution in [2.75, 3.05) is 34.2 Å². The van der Waals surface area contributed by atoms with Crippen LogP contribution in [-0.2, 0) is 25.7 Å². The van der Waals surface area contributed by atoms with Crippen LogP contribution in [-0.4, -0.2) is 112 Å². The number of amides is 1. The van der Waals surface area contributed by atoms with Gasteiger partial charge in [-0.3, -0.25) is 28.9 Å². The molecule has 1 aliphatic heterocycles. The number of nitrogens with one attached hydrogen (secondary N) is 1. The number of phenolic OH excluding ortho intramolecular Hbond substituents is 1. The Bertz CT molecular complexity index is 1320. The van der Waals surface area contributed by atoms with Gasteiger partial charge < -0.3 is 31.3 Å².